The molecule has 78 valence electrons. The van der Waals surface area contributed by atoms with Crippen LogP contribution in [-0.4, -0.2) is 20.5 Å². The maximum Gasteiger partial charge on any atom is 0.280 e. The maximum atomic E-state index is 12.3. The first-order valence-electron chi connectivity index (χ1n) is 4.02. The van der Waals surface area contributed by atoms with Crippen molar-refractivity contribution in [2.75, 3.05) is 0 Å². The van der Waals surface area contributed by atoms with Gasteiger partial charge < -0.3 is 5.73 Å². The summed E-state index contributed by atoms with van der Waals surface area (Å²) in [5, 5.41) is 3.75. The van der Waals surface area contributed by atoms with Crippen LogP contribution in [-0.2, 0) is 0 Å². The van der Waals surface area contributed by atoms with Crippen LogP contribution in [0.15, 0.2) is 18.5 Å². The third-order valence-electron chi connectivity index (χ3n) is 1.88. The number of nitrogens with zero attached hydrogens (tertiary/aromatic N) is 3. The van der Waals surface area contributed by atoms with Gasteiger partial charge in [0.15, 0.2) is 5.65 Å². The lowest BCUT2D eigenvalue weighted by atomic mass is 10.3. The lowest BCUT2D eigenvalue weighted by molar-refractivity contribution is 0.100. The Balaban J connectivity index is 2.66. The molecule has 0 aromatic carbocycles. The molecule has 0 radical (unpaired) electrons. The van der Waals surface area contributed by atoms with E-state index in [0.29, 0.717) is 0 Å². The van der Waals surface area contributed by atoms with Crippen molar-refractivity contribution in [2.24, 2.45) is 5.73 Å². The number of fused-ring (bicyclic) bond motifs is 1. The number of alkyl halides is 2. The largest absolute Gasteiger partial charge is 0.365 e. The van der Waals surface area contributed by atoms with E-state index in [1.807, 2.05) is 0 Å². The van der Waals surface area contributed by atoms with Crippen LogP contribution in [0.4, 0.5) is 8.78 Å². The van der Waals surface area contributed by atoms with Crippen molar-refractivity contribution in [1.29, 1.82) is 0 Å². The first kappa shape index (κ1) is 9.50. The van der Waals surface area contributed by atoms with Gasteiger partial charge in [-0.05, 0) is 6.07 Å². The highest BCUT2D eigenvalue weighted by molar-refractivity contribution is 5.98. The average molecular weight is 212 g/mol. The number of halogens is 2. The van der Waals surface area contributed by atoms with Gasteiger partial charge in [-0.1, -0.05) is 0 Å². The molecule has 2 aromatic heterocycles. The Labute approximate surface area is 82.5 Å². The van der Waals surface area contributed by atoms with E-state index in [0.717, 1.165) is 6.07 Å². The number of carbonyl (C=O) groups is 1. The highest BCUT2D eigenvalue weighted by Gasteiger charge is 2.14. The van der Waals surface area contributed by atoms with E-state index in [4.69, 9.17) is 5.73 Å². The Hall–Kier alpha value is -2.05. The van der Waals surface area contributed by atoms with Crippen molar-refractivity contribution in [3.8, 4) is 0 Å². The van der Waals surface area contributed by atoms with E-state index in [2.05, 4.69) is 10.1 Å². The van der Waals surface area contributed by atoms with Crippen LogP contribution in [0.1, 0.15) is 22.5 Å². The zero-order valence-electron chi connectivity index (χ0n) is 7.39. The lowest BCUT2D eigenvalue weighted by Gasteiger charge is -1.99. The molecule has 0 saturated heterocycles. The minimum atomic E-state index is -2.69. The van der Waals surface area contributed by atoms with Crippen LogP contribution < -0.4 is 5.73 Å². The Morgan fingerprint density at radius 2 is 2.27 bits per heavy atom. The Morgan fingerprint density at radius 3 is 2.87 bits per heavy atom. The number of aromatic nitrogens is 3. The first-order chi connectivity index (χ1) is 7.09. The smallest absolute Gasteiger partial charge is 0.280 e. The second-order valence-electron chi connectivity index (χ2n) is 2.84. The molecule has 5 nitrogen and oxygen atoms in total. The van der Waals surface area contributed by atoms with Crippen molar-refractivity contribution in [3.63, 3.8) is 0 Å². The summed E-state index contributed by atoms with van der Waals surface area (Å²) in [5.41, 5.74) is 4.69. The van der Waals surface area contributed by atoms with Gasteiger partial charge >= 0.3 is 0 Å². The van der Waals surface area contributed by atoms with Crippen LogP contribution in [0.5, 0.6) is 0 Å². The topological polar surface area (TPSA) is 73.3 Å². The van der Waals surface area contributed by atoms with Gasteiger partial charge in [0, 0.05) is 6.20 Å². The molecular weight excluding hydrogens is 206 g/mol. The fourth-order valence-corrected chi connectivity index (χ4v) is 1.18. The fraction of sp³-hybridized carbons (Fsp3) is 0.125. The van der Waals surface area contributed by atoms with Gasteiger partial charge in [-0.15, -0.1) is 0 Å². The van der Waals surface area contributed by atoms with Gasteiger partial charge in [-0.25, -0.2) is 18.3 Å². The number of hydrogen-bond acceptors (Lipinski definition) is 3. The SMILES string of the molecule is NC(=O)c1cnn2ccc(C(F)F)nc12. The summed E-state index contributed by atoms with van der Waals surface area (Å²) in [6, 6.07) is 1.13. The monoisotopic (exact) mass is 212 g/mol. The van der Waals surface area contributed by atoms with Gasteiger partial charge in [0.2, 0.25) is 0 Å². The highest BCUT2D eigenvalue weighted by Crippen LogP contribution is 2.17. The Morgan fingerprint density at radius 1 is 1.53 bits per heavy atom. The zero-order valence-corrected chi connectivity index (χ0v) is 7.39. The normalized spacial score (nSPS) is 11.1. The molecule has 0 spiro atoms. The second kappa shape index (κ2) is 3.26. The average Bonchev–Trinajstić information content (AvgIpc) is 2.59. The molecule has 2 N–H and O–H groups in total. The molecule has 2 rings (SSSR count). The standard InChI is InChI=1S/C8H6F2N4O/c9-6(10)5-1-2-14-8(13-5)4(3-12-14)7(11)15/h1-3,6H,(H2,11,15). The molecule has 0 bridgehead atoms. The molecule has 2 heterocycles. The van der Waals surface area contributed by atoms with Crippen molar-refractivity contribution < 1.29 is 13.6 Å². The van der Waals surface area contributed by atoms with Crippen molar-refractivity contribution in [2.45, 2.75) is 6.43 Å². The van der Waals surface area contributed by atoms with E-state index in [-0.39, 0.29) is 11.2 Å². The molecule has 0 aliphatic heterocycles. The van der Waals surface area contributed by atoms with E-state index >= 15 is 0 Å². The molecule has 2 aromatic rings. The van der Waals surface area contributed by atoms with Crippen molar-refractivity contribution in [1.82, 2.24) is 14.6 Å². The van der Waals surface area contributed by atoms with Gasteiger partial charge in [-0.3, -0.25) is 4.79 Å². The van der Waals surface area contributed by atoms with Crippen LogP contribution >= 0.6 is 0 Å². The molecular formula is C8H6F2N4O. The predicted molar refractivity (Wildman–Crippen MR) is 46.5 cm³/mol. The fourth-order valence-electron chi connectivity index (χ4n) is 1.18. The van der Waals surface area contributed by atoms with E-state index in [1.165, 1.54) is 16.9 Å². The number of nitrogens with two attached hydrogens (primary N) is 1. The summed E-state index contributed by atoms with van der Waals surface area (Å²) in [7, 11) is 0. The third-order valence-corrected chi connectivity index (χ3v) is 1.88. The van der Waals surface area contributed by atoms with E-state index in [1.54, 1.807) is 0 Å². The number of rotatable bonds is 2. The Kier molecular flexibility index (Phi) is 2.07. The van der Waals surface area contributed by atoms with Gasteiger partial charge in [0.05, 0.1) is 6.20 Å². The van der Waals surface area contributed by atoms with Gasteiger partial charge in [0.25, 0.3) is 12.3 Å². The summed E-state index contributed by atoms with van der Waals surface area (Å²) in [5.74, 6) is -0.746. The number of hydrogen-bond donors (Lipinski definition) is 1. The zero-order chi connectivity index (χ0) is 11.0. The quantitative estimate of drug-likeness (QED) is 0.798. The lowest BCUT2D eigenvalue weighted by Crippen LogP contribution is -2.11. The molecule has 0 saturated carbocycles. The molecule has 0 aliphatic rings. The summed E-state index contributed by atoms with van der Waals surface area (Å²) in [6.45, 7) is 0. The molecule has 0 fully saturated rings. The van der Waals surface area contributed by atoms with Crippen LogP contribution in [0.3, 0.4) is 0 Å². The minimum Gasteiger partial charge on any atom is -0.365 e. The van der Waals surface area contributed by atoms with Crippen molar-refractivity contribution >= 4 is 11.6 Å². The molecule has 1 amide bonds. The van der Waals surface area contributed by atoms with Gasteiger partial charge in [0.1, 0.15) is 11.3 Å². The van der Waals surface area contributed by atoms with E-state index < -0.39 is 18.0 Å². The molecule has 0 atom stereocenters. The second-order valence-corrected chi connectivity index (χ2v) is 2.84. The minimum absolute atomic E-state index is 0.0255. The molecule has 15 heavy (non-hydrogen) atoms. The predicted octanol–water partition coefficient (Wildman–Crippen LogP) is 0.766. The number of carbonyl (C=O) groups excluding carboxylic acids is 1. The molecule has 7 heteroatoms. The number of primary amides is 1. The van der Waals surface area contributed by atoms with Crippen molar-refractivity contribution in [3.05, 3.63) is 29.7 Å². The van der Waals surface area contributed by atoms with E-state index in [9.17, 15) is 13.6 Å². The van der Waals surface area contributed by atoms with Gasteiger partial charge in [-0.2, -0.15) is 5.10 Å². The Bertz CT molecular complexity index is 522. The first-order valence-corrected chi connectivity index (χ1v) is 4.02. The number of amides is 1. The summed E-state index contributed by atoms with van der Waals surface area (Å²) >= 11 is 0. The van der Waals surface area contributed by atoms with Crippen LogP contribution in [0, 0.1) is 0 Å². The third kappa shape index (κ3) is 1.51. The summed E-state index contributed by atoms with van der Waals surface area (Å²) in [4.78, 5) is 14.5. The van der Waals surface area contributed by atoms with Crippen LogP contribution in [0.2, 0.25) is 0 Å². The molecule has 0 aliphatic carbocycles. The highest BCUT2D eigenvalue weighted by atomic mass is 19.3. The summed E-state index contributed by atoms with van der Waals surface area (Å²) in [6.07, 6.45) is -0.193. The maximum absolute atomic E-state index is 12.3. The summed E-state index contributed by atoms with van der Waals surface area (Å²) < 4.78 is 25.9. The molecule has 0 unspecified atom stereocenters. The van der Waals surface area contributed by atoms with Crippen LogP contribution in [0.25, 0.3) is 5.65 Å².